The van der Waals surface area contributed by atoms with Crippen molar-refractivity contribution in [1.82, 2.24) is 14.5 Å². The van der Waals surface area contributed by atoms with Gasteiger partial charge in [-0.1, -0.05) is 30.3 Å². The highest BCUT2D eigenvalue weighted by atomic mass is 32.2. The molecule has 10 heteroatoms. The number of methoxy groups -OCH3 is 1. The van der Waals surface area contributed by atoms with Gasteiger partial charge in [-0.25, -0.2) is 13.2 Å². The molecular weight excluding hydrogens is 458 g/mol. The monoisotopic (exact) mass is 489 g/mol. The van der Waals surface area contributed by atoms with E-state index < -0.39 is 33.7 Å². The Kier molecular flexibility index (Phi) is 7.83. The number of nitrogens with one attached hydrogen (secondary N) is 1. The van der Waals surface area contributed by atoms with E-state index in [-0.39, 0.29) is 31.1 Å². The third-order valence-corrected chi connectivity index (χ3v) is 7.18. The summed E-state index contributed by atoms with van der Waals surface area (Å²) in [5, 5.41) is 2.80. The van der Waals surface area contributed by atoms with Crippen LogP contribution in [-0.4, -0.2) is 68.0 Å². The smallest absolute Gasteiger partial charge is 0.410 e. The topological polar surface area (TPSA) is 105 Å². The largest absolute Gasteiger partial charge is 0.497 e. The molecule has 3 rings (SSSR count). The normalized spacial score (nSPS) is 17.2. The van der Waals surface area contributed by atoms with E-state index in [1.165, 1.54) is 24.1 Å². The van der Waals surface area contributed by atoms with E-state index in [4.69, 9.17) is 9.47 Å². The molecule has 1 heterocycles. The van der Waals surface area contributed by atoms with Crippen molar-refractivity contribution in [1.29, 1.82) is 0 Å². The lowest BCUT2D eigenvalue weighted by Crippen LogP contribution is -2.61. The molecule has 1 atom stereocenters. The highest BCUT2D eigenvalue weighted by molar-refractivity contribution is 7.89. The second-order valence-electron chi connectivity index (χ2n) is 8.94. The predicted molar refractivity (Wildman–Crippen MR) is 127 cm³/mol. The number of piperazine rings is 1. The highest BCUT2D eigenvalue weighted by Crippen LogP contribution is 2.25. The summed E-state index contributed by atoms with van der Waals surface area (Å²) >= 11 is 0. The molecule has 0 saturated carbocycles. The van der Waals surface area contributed by atoms with Crippen LogP contribution in [-0.2, 0) is 26.1 Å². The maximum Gasteiger partial charge on any atom is 0.410 e. The van der Waals surface area contributed by atoms with E-state index in [2.05, 4.69) is 5.32 Å². The van der Waals surface area contributed by atoms with Crippen molar-refractivity contribution >= 4 is 22.0 Å². The molecule has 1 saturated heterocycles. The maximum absolute atomic E-state index is 13.5. The van der Waals surface area contributed by atoms with Gasteiger partial charge in [-0.3, -0.25) is 4.79 Å². The average Bonchev–Trinajstić information content (AvgIpc) is 2.81. The number of hydrogen-bond donors (Lipinski definition) is 1. The van der Waals surface area contributed by atoms with Crippen molar-refractivity contribution in [3.63, 3.8) is 0 Å². The maximum atomic E-state index is 13.5. The molecular formula is C24H31N3O6S. The molecule has 9 nitrogen and oxygen atoms in total. The SMILES string of the molecule is COc1ccc(S(=O)(=O)N2CCN(C(=O)OC(C)(C)C)CC2C(=O)NCc2ccccc2)cc1. The first-order valence-corrected chi connectivity index (χ1v) is 12.4. The van der Waals surface area contributed by atoms with Gasteiger partial charge in [0.1, 0.15) is 17.4 Å². The number of carbonyl (C=O) groups excluding carboxylic acids is 2. The molecule has 184 valence electrons. The number of ether oxygens (including phenoxy) is 2. The summed E-state index contributed by atoms with van der Waals surface area (Å²) in [6, 6.07) is 14.2. The fourth-order valence-electron chi connectivity index (χ4n) is 3.55. The van der Waals surface area contributed by atoms with E-state index in [0.717, 1.165) is 9.87 Å². The Morgan fingerprint density at radius 3 is 2.26 bits per heavy atom. The quantitative estimate of drug-likeness (QED) is 0.669. The molecule has 0 bridgehead atoms. The van der Waals surface area contributed by atoms with Crippen molar-refractivity contribution in [3.8, 4) is 5.75 Å². The second kappa shape index (κ2) is 10.4. The zero-order chi connectivity index (χ0) is 24.9. The minimum absolute atomic E-state index is 0.0416. The fraction of sp³-hybridized carbons (Fsp3) is 0.417. The average molecular weight is 490 g/mol. The molecule has 0 spiro atoms. The molecule has 2 amide bonds. The Morgan fingerprint density at radius 2 is 1.68 bits per heavy atom. The van der Waals surface area contributed by atoms with Gasteiger partial charge in [0, 0.05) is 26.2 Å². The minimum atomic E-state index is -4.01. The Morgan fingerprint density at radius 1 is 1.03 bits per heavy atom. The van der Waals surface area contributed by atoms with Crippen LogP contribution < -0.4 is 10.1 Å². The zero-order valence-corrected chi connectivity index (χ0v) is 20.7. The lowest BCUT2D eigenvalue weighted by Gasteiger charge is -2.39. The standard InChI is InChI=1S/C24H31N3O6S/c1-24(2,3)33-23(29)26-14-15-27(34(30,31)20-12-10-19(32-4)11-13-20)21(17-26)22(28)25-16-18-8-6-5-7-9-18/h5-13,21H,14-17H2,1-4H3,(H,25,28). The molecule has 1 aliphatic rings. The van der Waals surface area contributed by atoms with Crippen molar-refractivity contribution in [2.45, 2.75) is 43.9 Å². The van der Waals surface area contributed by atoms with Crippen LogP contribution >= 0.6 is 0 Å². The van der Waals surface area contributed by atoms with Crippen LogP contribution in [0, 0.1) is 0 Å². The number of rotatable bonds is 6. The van der Waals surface area contributed by atoms with Gasteiger partial charge < -0.3 is 19.7 Å². The van der Waals surface area contributed by atoms with E-state index >= 15 is 0 Å². The third-order valence-electron chi connectivity index (χ3n) is 5.26. The Labute approximate surface area is 200 Å². The molecule has 0 aromatic heterocycles. The number of benzene rings is 2. The summed E-state index contributed by atoms with van der Waals surface area (Å²) in [7, 11) is -2.52. The van der Waals surface area contributed by atoms with Crippen LogP contribution in [0.4, 0.5) is 4.79 Å². The lowest BCUT2D eigenvalue weighted by atomic mass is 10.1. The fourth-order valence-corrected chi connectivity index (χ4v) is 5.12. The number of sulfonamides is 1. The van der Waals surface area contributed by atoms with Crippen LogP contribution in [0.5, 0.6) is 5.75 Å². The van der Waals surface area contributed by atoms with E-state index in [0.29, 0.717) is 5.75 Å². The lowest BCUT2D eigenvalue weighted by molar-refractivity contribution is -0.126. The summed E-state index contributed by atoms with van der Waals surface area (Å²) in [6.45, 7) is 5.42. The summed E-state index contributed by atoms with van der Waals surface area (Å²) in [5.74, 6) is 0.0278. The Hall–Kier alpha value is -3.11. The molecule has 1 unspecified atom stereocenters. The third kappa shape index (κ3) is 6.27. The molecule has 2 aromatic carbocycles. The number of carbonyl (C=O) groups is 2. The molecule has 0 radical (unpaired) electrons. The van der Waals surface area contributed by atoms with E-state index in [1.54, 1.807) is 32.9 Å². The van der Waals surface area contributed by atoms with E-state index in [9.17, 15) is 18.0 Å². The van der Waals surface area contributed by atoms with Crippen molar-refractivity contribution in [2.24, 2.45) is 0 Å². The Balaban J connectivity index is 1.85. The Bertz CT molecular complexity index is 1100. The summed E-state index contributed by atoms with van der Waals surface area (Å²) in [4.78, 5) is 27.3. The minimum Gasteiger partial charge on any atom is -0.497 e. The van der Waals surface area contributed by atoms with Crippen LogP contribution in [0.25, 0.3) is 0 Å². The van der Waals surface area contributed by atoms with Gasteiger partial charge in [-0.15, -0.1) is 0 Å². The van der Waals surface area contributed by atoms with Crippen molar-refractivity contribution in [3.05, 3.63) is 60.2 Å². The first kappa shape index (κ1) is 25.5. The first-order valence-electron chi connectivity index (χ1n) is 11.0. The number of nitrogens with zero attached hydrogens (tertiary/aromatic N) is 2. The first-order chi connectivity index (χ1) is 16.0. The molecule has 0 aliphatic carbocycles. The van der Waals surface area contributed by atoms with Crippen LogP contribution in [0.15, 0.2) is 59.5 Å². The van der Waals surface area contributed by atoms with Crippen LogP contribution in [0.1, 0.15) is 26.3 Å². The zero-order valence-electron chi connectivity index (χ0n) is 19.9. The predicted octanol–water partition coefficient (Wildman–Crippen LogP) is 2.62. The molecule has 1 fully saturated rings. The number of hydrogen-bond acceptors (Lipinski definition) is 6. The van der Waals surface area contributed by atoms with Gasteiger partial charge in [0.25, 0.3) is 0 Å². The van der Waals surface area contributed by atoms with Gasteiger partial charge in [-0.05, 0) is 50.6 Å². The molecule has 2 aromatic rings. The molecule has 1 N–H and O–H groups in total. The van der Waals surface area contributed by atoms with Crippen molar-refractivity contribution in [2.75, 3.05) is 26.7 Å². The highest BCUT2D eigenvalue weighted by Gasteiger charge is 2.42. The summed E-state index contributed by atoms with van der Waals surface area (Å²) in [5.41, 5.74) is 0.161. The summed E-state index contributed by atoms with van der Waals surface area (Å²) < 4.78 is 38.6. The van der Waals surface area contributed by atoms with Gasteiger partial charge in [0.05, 0.1) is 12.0 Å². The molecule has 34 heavy (non-hydrogen) atoms. The number of amides is 2. The van der Waals surface area contributed by atoms with E-state index in [1.807, 2.05) is 30.3 Å². The summed E-state index contributed by atoms with van der Waals surface area (Å²) in [6.07, 6.45) is -0.588. The van der Waals surface area contributed by atoms with Gasteiger partial charge in [0.2, 0.25) is 15.9 Å². The van der Waals surface area contributed by atoms with Gasteiger partial charge >= 0.3 is 6.09 Å². The molecule has 1 aliphatic heterocycles. The van der Waals surface area contributed by atoms with Crippen LogP contribution in [0.3, 0.4) is 0 Å². The van der Waals surface area contributed by atoms with Gasteiger partial charge in [-0.2, -0.15) is 4.31 Å². The van der Waals surface area contributed by atoms with Crippen molar-refractivity contribution < 1.29 is 27.5 Å². The van der Waals surface area contributed by atoms with Crippen LogP contribution in [0.2, 0.25) is 0 Å². The second-order valence-corrected chi connectivity index (χ2v) is 10.8. The van der Waals surface area contributed by atoms with Gasteiger partial charge in [0.15, 0.2) is 0 Å².